The van der Waals surface area contributed by atoms with Crippen molar-refractivity contribution >= 4 is 15.9 Å². The van der Waals surface area contributed by atoms with Crippen molar-refractivity contribution < 1.29 is 5.11 Å². The van der Waals surface area contributed by atoms with E-state index < -0.39 is 0 Å². The number of rotatable bonds is 1. The van der Waals surface area contributed by atoms with Gasteiger partial charge in [-0.2, -0.15) is 0 Å². The van der Waals surface area contributed by atoms with Crippen molar-refractivity contribution in [2.75, 3.05) is 0 Å². The lowest BCUT2D eigenvalue weighted by molar-refractivity contribution is 0.477. The van der Waals surface area contributed by atoms with E-state index in [0.717, 1.165) is 26.7 Å². The van der Waals surface area contributed by atoms with Gasteiger partial charge in [0.1, 0.15) is 5.75 Å². The SMILES string of the molecule is Cc1ccc(O)c(-c2cccc(Br)c2C)c1. The highest BCUT2D eigenvalue weighted by Gasteiger charge is 2.08. The van der Waals surface area contributed by atoms with Crippen molar-refractivity contribution in [2.45, 2.75) is 13.8 Å². The van der Waals surface area contributed by atoms with E-state index in [9.17, 15) is 5.11 Å². The summed E-state index contributed by atoms with van der Waals surface area (Å²) in [5.74, 6) is 0.326. The molecule has 2 aromatic carbocycles. The zero-order valence-electron chi connectivity index (χ0n) is 9.29. The van der Waals surface area contributed by atoms with Gasteiger partial charge in [0.15, 0.2) is 0 Å². The molecule has 0 bridgehead atoms. The fourth-order valence-corrected chi connectivity index (χ4v) is 2.13. The van der Waals surface area contributed by atoms with Crippen LogP contribution in [0.25, 0.3) is 11.1 Å². The van der Waals surface area contributed by atoms with Crippen LogP contribution in [0.15, 0.2) is 40.9 Å². The van der Waals surface area contributed by atoms with Gasteiger partial charge in [0.25, 0.3) is 0 Å². The number of aromatic hydroxyl groups is 1. The Hall–Kier alpha value is -1.28. The molecule has 1 N–H and O–H groups in total. The van der Waals surface area contributed by atoms with Crippen LogP contribution in [0.2, 0.25) is 0 Å². The van der Waals surface area contributed by atoms with Crippen LogP contribution in [0.4, 0.5) is 0 Å². The molecule has 0 atom stereocenters. The van der Waals surface area contributed by atoms with Gasteiger partial charge in [-0.1, -0.05) is 39.7 Å². The molecule has 2 heteroatoms. The molecule has 0 heterocycles. The summed E-state index contributed by atoms with van der Waals surface area (Å²) in [5.41, 5.74) is 4.24. The normalized spacial score (nSPS) is 10.4. The van der Waals surface area contributed by atoms with E-state index in [0.29, 0.717) is 5.75 Å². The summed E-state index contributed by atoms with van der Waals surface area (Å²) < 4.78 is 1.06. The van der Waals surface area contributed by atoms with Gasteiger partial charge in [-0.3, -0.25) is 0 Å². The minimum Gasteiger partial charge on any atom is -0.507 e. The molecule has 0 saturated heterocycles. The van der Waals surface area contributed by atoms with E-state index in [1.165, 1.54) is 0 Å². The van der Waals surface area contributed by atoms with Gasteiger partial charge < -0.3 is 5.11 Å². The maximum atomic E-state index is 9.89. The number of hydrogen-bond donors (Lipinski definition) is 1. The zero-order chi connectivity index (χ0) is 11.7. The van der Waals surface area contributed by atoms with Crippen molar-refractivity contribution in [1.82, 2.24) is 0 Å². The molecular weight excluding hydrogens is 264 g/mol. The Labute approximate surface area is 104 Å². The Kier molecular flexibility index (Phi) is 3.01. The van der Waals surface area contributed by atoms with Crippen molar-refractivity contribution in [3.8, 4) is 16.9 Å². The average molecular weight is 277 g/mol. The quantitative estimate of drug-likeness (QED) is 0.817. The van der Waals surface area contributed by atoms with Crippen LogP contribution in [0.3, 0.4) is 0 Å². The van der Waals surface area contributed by atoms with Crippen LogP contribution in [0.5, 0.6) is 5.75 Å². The first kappa shape index (κ1) is 11.2. The fourth-order valence-electron chi connectivity index (χ4n) is 1.76. The zero-order valence-corrected chi connectivity index (χ0v) is 10.9. The van der Waals surface area contributed by atoms with Gasteiger partial charge >= 0.3 is 0 Å². The topological polar surface area (TPSA) is 20.2 Å². The highest BCUT2D eigenvalue weighted by atomic mass is 79.9. The van der Waals surface area contributed by atoms with Gasteiger partial charge in [0.2, 0.25) is 0 Å². The van der Waals surface area contributed by atoms with Crippen molar-refractivity contribution in [1.29, 1.82) is 0 Å². The highest BCUT2D eigenvalue weighted by Crippen LogP contribution is 2.34. The minimum atomic E-state index is 0.326. The lowest BCUT2D eigenvalue weighted by Gasteiger charge is -2.10. The molecule has 0 amide bonds. The first-order valence-electron chi connectivity index (χ1n) is 5.14. The Balaban J connectivity index is 2.67. The Morgan fingerprint density at radius 3 is 2.50 bits per heavy atom. The smallest absolute Gasteiger partial charge is 0.123 e. The average Bonchev–Trinajstić information content (AvgIpc) is 2.26. The molecule has 2 rings (SSSR count). The molecule has 1 nitrogen and oxygen atoms in total. The molecular formula is C14H13BrO. The second-order valence-electron chi connectivity index (χ2n) is 3.93. The molecule has 0 radical (unpaired) electrons. The van der Waals surface area contributed by atoms with Gasteiger partial charge in [-0.05, 0) is 43.2 Å². The van der Waals surface area contributed by atoms with Crippen LogP contribution >= 0.6 is 15.9 Å². The van der Waals surface area contributed by atoms with Crippen molar-refractivity contribution in [3.63, 3.8) is 0 Å². The Morgan fingerprint density at radius 1 is 1.00 bits per heavy atom. The number of phenolic OH excluding ortho intramolecular Hbond substituents is 1. The van der Waals surface area contributed by atoms with Gasteiger partial charge in [0.05, 0.1) is 0 Å². The van der Waals surface area contributed by atoms with Gasteiger partial charge in [0, 0.05) is 10.0 Å². The monoisotopic (exact) mass is 276 g/mol. The van der Waals surface area contributed by atoms with E-state index in [1.54, 1.807) is 6.07 Å². The third kappa shape index (κ3) is 1.98. The standard InChI is InChI=1S/C14H13BrO/c1-9-6-7-14(16)12(8-9)11-4-3-5-13(15)10(11)2/h3-8,16H,1-2H3. The van der Waals surface area contributed by atoms with Crippen molar-refractivity contribution in [2.24, 2.45) is 0 Å². The van der Waals surface area contributed by atoms with E-state index in [4.69, 9.17) is 0 Å². The maximum Gasteiger partial charge on any atom is 0.123 e. The second kappa shape index (κ2) is 4.30. The van der Waals surface area contributed by atoms with Crippen LogP contribution in [0, 0.1) is 13.8 Å². The number of benzene rings is 2. The molecule has 0 aromatic heterocycles. The van der Waals surface area contributed by atoms with E-state index in [2.05, 4.69) is 15.9 Å². The predicted molar refractivity (Wildman–Crippen MR) is 70.7 cm³/mol. The molecule has 0 fully saturated rings. The van der Waals surface area contributed by atoms with Gasteiger partial charge in [-0.25, -0.2) is 0 Å². The molecule has 0 unspecified atom stereocenters. The summed E-state index contributed by atoms with van der Waals surface area (Å²) in [5, 5.41) is 9.89. The van der Waals surface area contributed by atoms with E-state index >= 15 is 0 Å². The molecule has 0 aliphatic carbocycles. The van der Waals surface area contributed by atoms with Gasteiger partial charge in [-0.15, -0.1) is 0 Å². The second-order valence-corrected chi connectivity index (χ2v) is 4.79. The lowest BCUT2D eigenvalue weighted by Crippen LogP contribution is -1.86. The number of halogens is 1. The fraction of sp³-hybridized carbons (Fsp3) is 0.143. The summed E-state index contributed by atoms with van der Waals surface area (Å²) in [6.45, 7) is 4.07. The molecule has 16 heavy (non-hydrogen) atoms. The third-order valence-corrected chi connectivity index (χ3v) is 3.57. The third-order valence-electron chi connectivity index (χ3n) is 2.71. The summed E-state index contributed by atoms with van der Waals surface area (Å²) in [6, 6.07) is 11.7. The largest absolute Gasteiger partial charge is 0.507 e. The van der Waals surface area contributed by atoms with Crippen molar-refractivity contribution in [3.05, 3.63) is 52.0 Å². The number of phenols is 1. The van der Waals surface area contributed by atoms with Crippen LogP contribution in [-0.4, -0.2) is 5.11 Å². The van der Waals surface area contributed by atoms with E-state index in [1.807, 2.05) is 44.2 Å². The molecule has 0 saturated carbocycles. The molecule has 0 aliphatic rings. The maximum absolute atomic E-state index is 9.89. The van der Waals surface area contributed by atoms with Crippen LogP contribution in [-0.2, 0) is 0 Å². The Bertz CT molecular complexity index is 532. The Morgan fingerprint density at radius 2 is 1.75 bits per heavy atom. The molecule has 0 spiro atoms. The number of aryl methyl sites for hydroxylation is 1. The molecule has 82 valence electrons. The summed E-state index contributed by atoms with van der Waals surface area (Å²) >= 11 is 3.50. The number of hydrogen-bond acceptors (Lipinski definition) is 1. The lowest BCUT2D eigenvalue weighted by atomic mass is 9.98. The molecule has 2 aromatic rings. The molecule has 0 aliphatic heterocycles. The van der Waals surface area contributed by atoms with E-state index in [-0.39, 0.29) is 0 Å². The van der Waals surface area contributed by atoms with Crippen LogP contribution in [0.1, 0.15) is 11.1 Å². The highest BCUT2D eigenvalue weighted by molar-refractivity contribution is 9.10. The minimum absolute atomic E-state index is 0.326. The van der Waals surface area contributed by atoms with Crippen LogP contribution < -0.4 is 0 Å². The first-order chi connectivity index (χ1) is 7.59. The first-order valence-corrected chi connectivity index (χ1v) is 5.94. The summed E-state index contributed by atoms with van der Waals surface area (Å²) in [7, 11) is 0. The summed E-state index contributed by atoms with van der Waals surface area (Å²) in [4.78, 5) is 0. The predicted octanol–water partition coefficient (Wildman–Crippen LogP) is 4.44. The summed E-state index contributed by atoms with van der Waals surface area (Å²) in [6.07, 6.45) is 0.